The van der Waals surface area contributed by atoms with Crippen molar-refractivity contribution in [3.63, 3.8) is 0 Å². The quantitative estimate of drug-likeness (QED) is 0.362. The van der Waals surface area contributed by atoms with Crippen molar-refractivity contribution < 1.29 is 4.79 Å². The fourth-order valence-electron chi connectivity index (χ4n) is 1.38. The number of aromatic amines is 1. The maximum absolute atomic E-state index is 10.9. The van der Waals surface area contributed by atoms with E-state index < -0.39 is 0 Å². The van der Waals surface area contributed by atoms with Gasteiger partial charge in [-0.25, -0.2) is 5.84 Å². The molecule has 0 radical (unpaired) electrons. The van der Waals surface area contributed by atoms with Crippen LogP contribution in [0.3, 0.4) is 0 Å². The lowest BCUT2D eigenvalue weighted by Crippen LogP contribution is -2.30. The Hall–Kier alpha value is -1.29. The first-order valence-electron chi connectivity index (χ1n) is 4.28. The van der Waals surface area contributed by atoms with Crippen molar-refractivity contribution >= 4 is 5.91 Å². The Balaban J connectivity index is 2.58. The van der Waals surface area contributed by atoms with Crippen LogP contribution in [0.5, 0.6) is 0 Å². The number of aryl methyl sites for hydroxylation is 2. The third kappa shape index (κ3) is 2.32. The molecule has 0 unspecified atom stereocenters. The van der Waals surface area contributed by atoms with Crippen molar-refractivity contribution in [1.29, 1.82) is 0 Å². The van der Waals surface area contributed by atoms with Gasteiger partial charge in [0.05, 0.1) is 0 Å². The Bertz CT molecular complexity index is 284. The summed E-state index contributed by atoms with van der Waals surface area (Å²) in [5.74, 6) is 4.86. The molecule has 1 aromatic rings. The predicted octanol–water partition coefficient (Wildman–Crippen LogP) is 0.554. The summed E-state index contributed by atoms with van der Waals surface area (Å²) < 4.78 is 0. The second-order valence-electron chi connectivity index (χ2n) is 3.14. The minimum absolute atomic E-state index is 0.125. The summed E-state index contributed by atoms with van der Waals surface area (Å²) in [6.07, 6.45) is 3.13. The molecular formula is C9H15N3O. The monoisotopic (exact) mass is 181 g/mol. The minimum atomic E-state index is -0.125. The number of amides is 1. The first kappa shape index (κ1) is 9.80. The minimum Gasteiger partial charge on any atom is -0.365 e. The molecule has 13 heavy (non-hydrogen) atoms. The molecule has 0 saturated heterocycles. The molecule has 4 heteroatoms. The van der Waals surface area contributed by atoms with E-state index in [0.717, 1.165) is 12.1 Å². The Kier molecular flexibility index (Phi) is 3.08. The molecule has 4 N–H and O–H groups in total. The summed E-state index contributed by atoms with van der Waals surface area (Å²) in [4.78, 5) is 14.0. The zero-order valence-electron chi connectivity index (χ0n) is 7.98. The highest BCUT2D eigenvalue weighted by molar-refractivity contribution is 5.75. The van der Waals surface area contributed by atoms with Gasteiger partial charge in [0, 0.05) is 18.3 Å². The van der Waals surface area contributed by atoms with Gasteiger partial charge in [0.2, 0.25) is 5.91 Å². The molecule has 0 atom stereocenters. The van der Waals surface area contributed by atoms with Crippen molar-refractivity contribution in [2.45, 2.75) is 26.7 Å². The van der Waals surface area contributed by atoms with Gasteiger partial charge in [0.15, 0.2) is 0 Å². The molecule has 0 saturated carbocycles. The van der Waals surface area contributed by atoms with Gasteiger partial charge in [-0.05, 0) is 31.4 Å². The van der Waals surface area contributed by atoms with Gasteiger partial charge in [0.25, 0.3) is 0 Å². The number of rotatable bonds is 3. The molecule has 1 aromatic heterocycles. The molecule has 0 aliphatic rings. The van der Waals surface area contributed by atoms with Crippen LogP contribution in [0.15, 0.2) is 6.20 Å². The Morgan fingerprint density at radius 2 is 2.31 bits per heavy atom. The fourth-order valence-corrected chi connectivity index (χ4v) is 1.38. The molecule has 1 heterocycles. The van der Waals surface area contributed by atoms with E-state index in [0.29, 0.717) is 6.42 Å². The van der Waals surface area contributed by atoms with E-state index in [1.165, 1.54) is 11.1 Å². The van der Waals surface area contributed by atoms with Crippen LogP contribution in [0.25, 0.3) is 0 Å². The van der Waals surface area contributed by atoms with Crippen molar-refractivity contribution in [2.75, 3.05) is 0 Å². The SMILES string of the molecule is Cc1c[nH]c(C)c1CCC(=O)NN. The number of H-pyrrole nitrogens is 1. The number of nitrogens with one attached hydrogen (secondary N) is 2. The molecule has 0 aromatic carbocycles. The van der Waals surface area contributed by atoms with Crippen molar-refractivity contribution in [1.82, 2.24) is 10.4 Å². The van der Waals surface area contributed by atoms with E-state index in [-0.39, 0.29) is 5.91 Å². The Morgan fingerprint density at radius 1 is 1.62 bits per heavy atom. The first-order valence-corrected chi connectivity index (χ1v) is 4.28. The summed E-state index contributed by atoms with van der Waals surface area (Å²) >= 11 is 0. The third-order valence-corrected chi connectivity index (χ3v) is 2.20. The van der Waals surface area contributed by atoms with Crippen molar-refractivity contribution in [3.8, 4) is 0 Å². The van der Waals surface area contributed by atoms with E-state index in [2.05, 4.69) is 10.4 Å². The average molecular weight is 181 g/mol. The first-order chi connectivity index (χ1) is 6.15. The van der Waals surface area contributed by atoms with E-state index in [4.69, 9.17) is 5.84 Å². The highest BCUT2D eigenvalue weighted by atomic mass is 16.2. The second-order valence-corrected chi connectivity index (χ2v) is 3.14. The van der Waals surface area contributed by atoms with Gasteiger partial charge in [-0.3, -0.25) is 10.2 Å². The summed E-state index contributed by atoms with van der Waals surface area (Å²) in [6.45, 7) is 4.03. The second kappa shape index (κ2) is 4.09. The highest BCUT2D eigenvalue weighted by Gasteiger charge is 2.06. The fraction of sp³-hybridized carbons (Fsp3) is 0.444. The van der Waals surface area contributed by atoms with Gasteiger partial charge < -0.3 is 4.98 Å². The lowest BCUT2D eigenvalue weighted by atomic mass is 10.1. The maximum atomic E-state index is 10.9. The molecule has 1 rings (SSSR count). The highest BCUT2D eigenvalue weighted by Crippen LogP contribution is 2.13. The van der Waals surface area contributed by atoms with Crippen LogP contribution in [-0.2, 0) is 11.2 Å². The lowest BCUT2D eigenvalue weighted by molar-refractivity contribution is -0.121. The Morgan fingerprint density at radius 3 is 2.77 bits per heavy atom. The number of nitrogens with two attached hydrogens (primary N) is 1. The molecule has 72 valence electrons. The molecule has 0 aliphatic heterocycles. The van der Waals surface area contributed by atoms with Gasteiger partial charge in [-0.2, -0.15) is 0 Å². The van der Waals surface area contributed by atoms with Crippen molar-refractivity contribution in [2.24, 2.45) is 5.84 Å². The molecule has 1 amide bonds. The Labute approximate surface area is 77.5 Å². The van der Waals surface area contributed by atoms with Gasteiger partial charge >= 0.3 is 0 Å². The number of hydrogen-bond acceptors (Lipinski definition) is 2. The molecule has 4 nitrogen and oxygen atoms in total. The predicted molar refractivity (Wildman–Crippen MR) is 50.9 cm³/mol. The zero-order valence-corrected chi connectivity index (χ0v) is 7.98. The largest absolute Gasteiger partial charge is 0.365 e. The summed E-state index contributed by atoms with van der Waals surface area (Å²) in [7, 11) is 0. The van der Waals surface area contributed by atoms with Crippen LogP contribution in [-0.4, -0.2) is 10.9 Å². The smallest absolute Gasteiger partial charge is 0.234 e. The zero-order chi connectivity index (χ0) is 9.84. The number of hydrogen-bond donors (Lipinski definition) is 3. The molecular weight excluding hydrogens is 166 g/mol. The van der Waals surface area contributed by atoms with Crippen molar-refractivity contribution in [3.05, 3.63) is 23.0 Å². The number of hydrazine groups is 1. The van der Waals surface area contributed by atoms with Crippen LogP contribution >= 0.6 is 0 Å². The number of carbonyl (C=O) groups excluding carboxylic acids is 1. The van der Waals surface area contributed by atoms with Crippen LogP contribution in [0.2, 0.25) is 0 Å². The van der Waals surface area contributed by atoms with Crippen LogP contribution in [0.1, 0.15) is 23.2 Å². The number of carbonyl (C=O) groups is 1. The average Bonchev–Trinajstić information content (AvgIpc) is 2.43. The van der Waals surface area contributed by atoms with E-state index in [9.17, 15) is 4.79 Å². The molecule has 0 fully saturated rings. The van der Waals surface area contributed by atoms with E-state index >= 15 is 0 Å². The van der Waals surface area contributed by atoms with Crippen LogP contribution in [0.4, 0.5) is 0 Å². The summed E-state index contributed by atoms with van der Waals surface area (Å²) in [5.41, 5.74) is 5.65. The standard InChI is InChI=1S/C9H15N3O/c1-6-5-11-7(2)8(6)3-4-9(13)12-10/h5,11H,3-4,10H2,1-2H3,(H,12,13). The van der Waals surface area contributed by atoms with Gasteiger partial charge in [-0.1, -0.05) is 0 Å². The van der Waals surface area contributed by atoms with E-state index in [1.807, 2.05) is 20.0 Å². The van der Waals surface area contributed by atoms with E-state index in [1.54, 1.807) is 0 Å². The normalized spacial score (nSPS) is 10.1. The topological polar surface area (TPSA) is 70.9 Å². The van der Waals surface area contributed by atoms with Gasteiger partial charge in [-0.15, -0.1) is 0 Å². The third-order valence-electron chi connectivity index (χ3n) is 2.20. The lowest BCUT2D eigenvalue weighted by Gasteiger charge is -2.01. The molecule has 0 spiro atoms. The maximum Gasteiger partial charge on any atom is 0.234 e. The molecule has 0 aliphatic carbocycles. The number of aromatic nitrogens is 1. The van der Waals surface area contributed by atoms with Crippen LogP contribution < -0.4 is 11.3 Å². The van der Waals surface area contributed by atoms with Gasteiger partial charge in [0.1, 0.15) is 0 Å². The summed E-state index contributed by atoms with van der Waals surface area (Å²) in [5, 5.41) is 0. The van der Waals surface area contributed by atoms with Crippen LogP contribution in [0, 0.1) is 13.8 Å². The molecule has 0 bridgehead atoms. The summed E-state index contributed by atoms with van der Waals surface area (Å²) in [6, 6.07) is 0.